The van der Waals surface area contributed by atoms with Crippen LogP contribution in [0.2, 0.25) is 0 Å². The smallest absolute Gasteiger partial charge is 0.329 e. The highest BCUT2D eigenvalue weighted by molar-refractivity contribution is 7.09. The van der Waals surface area contributed by atoms with E-state index >= 15 is 0 Å². The first-order valence-corrected chi connectivity index (χ1v) is 11.9. The van der Waals surface area contributed by atoms with Crippen molar-refractivity contribution in [1.82, 2.24) is 9.88 Å². The van der Waals surface area contributed by atoms with E-state index in [1.165, 1.54) is 11.3 Å². The summed E-state index contributed by atoms with van der Waals surface area (Å²) in [5.74, 6) is -0.539. The number of methoxy groups -OCH3 is 1. The third-order valence-electron chi connectivity index (χ3n) is 6.26. The second kappa shape index (κ2) is 8.85. The van der Waals surface area contributed by atoms with Gasteiger partial charge in [-0.3, -0.25) is 4.79 Å². The number of benzene rings is 1. The van der Waals surface area contributed by atoms with Gasteiger partial charge in [0.25, 0.3) is 5.91 Å². The molecular weight excluding hydrogens is 424 g/mol. The molecule has 7 heteroatoms. The molecule has 2 heterocycles. The van der Waals surface area contributed by atoms with Gasteiger partial charge in [0.2, 0.25) is 0 Å². The van der Waals surface area contributed by atoms with E-state index in [2.05, 4.69) is 25.8 Å². The quantitative estimate of drug-likeness (QED) is 0.615. The maximum atomic E-state index is 14.0. The number of thiazole rings is 1. The van der Waals surface area contributed by atoms with E-state index in [9.17, 15) is 14.7 Å². The Morgan fingerprint density at radius 2 is 2.03 bits per heavy atom. The SMILES string of the molecule is COc1cc(C(=O)N2[C@@H](c3nccs3)C(C)C[C@@]2(CC(C)C)C(=O)O)ccc1C(C)(C)C. The number of aliphatic carboxylic acids is 1. The first kappa shape index (κ1) is 24.2. The fourth-order valence-corrected chi connectivity index (χ4v) is 5.90. The van der Waals surface area contributed by atoms with Crippen LogP contribution in [-0.2, 0) is 10.2 Å². The van der Waals surface area contributed by atoms with E-state index in [1.807, 2.05) is 32.2 Å². The molecule has 0 aliphatic carbocycles. The Bertz CT molecular complexity index is 980. The lowest BCUT2D eigenvalue weighted by Gasteiger charge is -2.39. The average Bonchev–Trinajstić information content (AvgIpc) is 3.32. The Balaban J connectivity index is 2.16. The molecule has 6 nitrogen and oxygen atoms in total. The summed E-state index contributed by atoms with van der Waals surface area (Å²) < 4.78 is 5.61. The van der Waals surface area contributed by atoms with E-state index in [-0.39, 0.29) is 29.2 Å². The van der Waals surface area contributed by atoms with E-state index in [1.54, 1.807) is 30.3 Å². The molecule has 3 atom stereocenters. The number of amides is 1. The molecule has 0 radical (unpaired) electrons. The second-order valence-corrected chi connectivity index (χ2v) is 11.2. The molecule has 174 valence electrons. The van der Waals surface area contributed by atoms with Crippen LogP contribution in [0.1, 0.15) is 81.4 Å². The number of likely N-dealkylation sites (tertiary alicyclic amines) is 1. The van der Waals surface area contributed by atoms with Crippen LogP contribution in [0, 0.1) is 11.8 Å². The molecule has 1 aromatic heterocycles. The summed E-state index contributed by atoms with van der Waals surface area (Å²) in [6, 6.07) is 5.06. The summed E-state index contributed by atoms with van der Waals surface area (Å²) in [5, 5.41) is 13.1. The van der Waals surface area contributed by atoms with Gasteiger partial charge in [0, 0.05) is 17.1 Å². The van der Waals surface area contributed by atoms with Crippen LogP contribution in [0.15, 0.2) is 29.8 Å². The van der Waals surface area contributed by atoms with Gasteiger partial charge in [-0.15, -0.1) is 11.3 Å². The maximum Gasteiger partial charge on any atom is 0.329 e. The van der Waals surface area contributed by atoms with E-state index in [0.29, 0.717) is 24.2 Å². The van der Waals surface area contributed by atoms with Gasteiger partial charge in [0.1, 0.15) is 16.3 Å². The molecule has 0 saturated carbocycles. The van der Waals surface area contributed by atoms with Crippen LogP contribution in [-0.4, -0.2) is 39.5 Å². The highest BCUT2D eigenvalue weighted by Crippen LogP contribution is 2.50. The normalized spacial score (nSPS) is 23.6. The number of ether oxygens (including phenoxy) is 1. The zero-order chi connectivity index (χ0) is 23.8. The van der Waals surface area contributed by atoms with Crippen LogP contribution in [0.4, 0.5) is 0 Å². The lowest BCUT2D eigenvalue weighted by atomic mass is 9.83. The molecular formula is C25H34N2O4S. The Morgan fingerprint density at radius 3 is 2.53 bits per heavy atom. The second-order valence-electron chi connectivity index (χ2n) is 10.3. The Hall–Kier alpha value is -2.41. The molecule has 1 saturated heterocycles. The van der Waals surface area contributed by atoms with E-state index in [0.717, 1.165) is 10.6 Å². The van der Waals surface area contributed by atoms with E-state index in [4.69, 9.17) is 4.74 Å². The van der Waals surface area contributed by atoms with Crippen molar-refractivity contribution < 1.29 is 19.4 Å². The van der Waals surface area contributed by atoms with Crippen LogP contribution in [0.5, 0.6) is 5.75 Å². The lowest BCUT2D eigenvalue weighted by Crippen LogP contribution is -2.54. The topological polar surface area (TPSA) is 79.7 Å². The summed E-state index contributed by atoms with van der Waals surface area (Å²) in [4.78, 5) is 32.8. The Labute approximate surface area is 194 Å². The van der Waals surface area contributed by atoms with Gasteiger partial charge in [-0.05, 0) is 47.8 Å². The van der Waals surface area contributed by atoms with Crippen LogP contribution < -0.4 is 4.74 Å². The summed E-state index contributed by atoms with van der Waals surface area (Å²) in [5.41, 5.74) is -0.00728. The summed E-state index contributed by atoms with van der Waals surface area (Å²) in [6.45, 7) is 12.3. The highest BCUT2D eigenvalue weighted by Gasteiger charge is 2.58. The summed E-state index contributed by atoms with van der Waals surface area (Å²) in [6.07, 6.45) is 2.49. The molecule has 1 unspecified atom stereocenters. The molecule has 0 spiro atoms. The number of carbonyl (C=O) groups is 2. The lowest BCUT2D eigenvalue weighted by molar-refractivity contribution is -0.150. The Morgan fingerprint density at radius 1 is 1.34 bits per heavy atom. The van der Waals surface area contributed by atoms with Crippen molar-refractivity contribution in [2.75, 3.05) is 7.11 Å². The zero-order valence-corrected chi connectivity index (χ0v) is 20.8. The van der Waals surface area contributed by atoms with Crippen molar-refractivity contribution in [1.29, 1.82) is 0 Å². The fourth-order valence-electron chi connectivity index (χ4n) is 5.04. The van der Waals surface area contributed by atoms with Crippen molar-refractivity contribution in [3.63, 3.8) is 0 Å². The molecule has 32 heavy (non-hydrogen) atoms. The number of aromatic nitrogens is 1. The van der Waals surface area contributed by atoms with Crippen LogP contribution in [0.25, 0.3) is 0 Å². The number of carbonyl (C=O) groups excluding carboxylic acids is 1. The van der Waals surface area contributed by atoms with Crippen molar-refractivity contribution >= 4 is 23.2 Å². The number of carboxylic acids is 1. The first-order chi connectivity index (χ1) is 14.9. The average molecular weight is 459 g/mol. The summed E-state index contributed by atoms with van der Waals surface area (Å²) >= 11 is 1.46. The van der Waals surface area contributed by atoms with Gasteiger partial charge in [-0.2, -0.15) is 0 Å². The monoisotopic (exact) mass is 458 g/mol. The van der Waals surface area contributed by atoms with Crippen molar-refractivity contribution in [3.05, 3.63) is 45.9 Å². The van der Waals surface area contributed by atoms with Gasteiger partial charge >= 0.3 is 5.97 Å². The largest absolute Gasteiger partial charge is 0.496 e. The van der Waals surface area contributed by atoms with Gasteiger partial charge < -0.3 is 14.7 Å². The predicted octanol–water partition coefficient (Wildman–Crippen LogP) is 5.54. The standard InChI is InChI=1S/C25H34N2O4S/c1-15(2)13-25(23(29)30)14-16(3)20(21-26-10-11-32-21)27(25)22(28)17-8-9-18(24(4,5)6)19(12-17)31-7/h8-12,15-16,20H,13-14H2,1-7H3,(H,29,30)/t16?,20-,25+/m1/s1. The van der Waals surface area contributed by atoms with Crippen LogP contribution in [0.3, 0.4) is 0 Å². The predicted molar refractivity (Wildman–Crippen MR) is 126 cm³/mol. The minimum atomic E-state index is -1.28. The van der Waals surface area contributed by atoms with Gasteiger partial charge in [0.15, 0.2) is 0 Å². The molecule has 1 fully saturated rings. The Kier molecular flexibility index (Phi) is 6.70. The van der Waals surface area contributed by atoms with E-state index < -0.39 is 11.5 Å². The molecule has 1 amide bonds. The van der Waals surface area contributed by atoms with Crippen molar-refractivity contribution in [3.8, 4) is 5.75 Å². The zero-order valence-electron chi connectivity index (χ0n) is 20.0. The molecule has 0 bridgehead atoms. The van der Waals surface area contributed by atoms with Gasteiger partial charge in [-0.25, -0.2) is 9.78 Å². The highest BCUT2D eigenvalue weighted by atomic mass is 32.1. The first-order valence-electron chi connectivity index (χ1n) is 11.1. The number of hydrogen-bond donors (Lipinski definition) is 1. The molecule has 3 rings (SSSR count). The third kappa shape index (κ3) is 4.27. The molecule has 1 aromatic carbocycles. The van der Waals surface area contributed by atoms with Gasteiger partial charge in [0.05, 0.1) is 13.2 Å². The fraction of sp³-hybridized carbons (Fsp3) is 0.560. The molecule has 1 aliphatic rings. The minimum Gasteiger partial charge on any atom is -0.496 e. The summed E-state index contributed by atoms with van der Waals surface area (Å²) in [7, 11) is 1.59. The number of nitrogens with zero attached hydrogens (tertiary/aromatic N) is 2. The molecule has 1 N–H and O–H groups in total. The number of hydrogen-bond acceptors (Lipinski definition) is 5. The van der Waals surface area contributed by atoms with Gasteiger partial charge in [-0.1, -0.05) is 47.6 Å². The van der Waals surface area contributed by atoms with Crippen LogP contribution >= 0.6 is 11.3 Å². The molecule has 1 aliphatic heterocycles. The number of carboxylic acid groups (broad SMARTS) is 1. The molecule has 2 aromatic rings. The number of rotatable bonds is 6. The minimum absolute atomic E-state index is 0.0318. The van der Waals surface area contributed by atoms with Crippen molar-refractivity contribution in [2.24, 2.45) is 11.8 Å². The van der Waals surface area contributed by atoms with Crippen molar-refractivity contribution in [2.45, 2.75) is 71.4 Å². The maximum absolute atomic E-state index is 14.0. The third-order valence-corrected chi connectivity index (χ3v) is 7.11.